The van der Waals surface area contributed by atoms with Crippen LogP contribution in [0.15, 0.2) is 36.8 Å². The highest BCUT2D eigenvalue weighted by molar-refractivity contribution is 5.78. The van der Waals surface area contributed by atoms with Crippen LogP contribution in [0.2, 0.25) is 0 Å². The maximum Gasteiger partial charge on any atom is 0.326 e. The van der Waals surface area contributed by atoms with Crippen molar-refractivity contribution in [3.63, 3.8) is 0 Å². The van der Waals surface area contributed by atoms with Crippen LogP contribution in [-0.2, 0) is 11.2 Å². The first-order valence-electron chi connectivity index (χ1n) is 11.9. The zero-order chi connectivity index (χ0) is 26.2. The van der Waals surface area contributed by atoms with Crippen molar-refractivity contribution in [3.8, 4) is 22.6 Å². The average Bonchev–Trinajstić information content (AvgIpc) is 2.89. The van der Waals surface area contributed by atoms with E-state index in [2.05, 4.69) is 39.1 Å². The van der Waals surface area contributed by atoms with Gasteiger partial charge in [-0.15, -0.1) is 0 Å². The van der Waals surface area contributed by atoms with Gasteiger partial charge in [0.2, 0.25) is 5.95 Å². The second kappa shape index (κ2) is 12.1. The highest BCUT2D eigenvalue weighted by Gasteiger charge is 2.24. The fourth-order valence-electron chi connectivity index (χ4n) is 4.01. The van der Waals surface area contributed by atoms with Gasteiger partial charge in [-0.1, -0.05) is 19.9 Å². The summed E-state index contributed by atoms with van der Waals surface area (Å²) in [7, 11) is 6.86. The average molecular weight is 495 g/mol. The third-order valence-corrected chi connectivity index (χ3v) is 6.05. The number of methoxy groups -OCH3 is 2. The van der Waals surface area contributed by atoms with E-state index in [9.17, 15) is 9.90 Å². The van der Waals surface area contributed by atoms with Gasteiger partial charge in [-0.25, -0.2) is 19.7 Å². The second-order valence-corrected chi connectivity index (χ2v) is 8.55. The number of hydrogen-bond donors (Lipinski definition) is 2. The quantitative estimate of drug-likeness (QED) is 0.381. The Hall–Kier alpha value is -3.95. The molecule has 3 rings (SSSR count). The molecular formula is C26H34N6O4. The Labute approximate surface area is 211 Å². The number of carbonyl (C=O) groups is 1. The summed E-state index contributed by atoms with van der Waals surface area (Å²) in [5.74, 6) is 1.86. The number of nitrogens with one attached hydrogen (secondary N) is 1. The molecule has 0 aliphatic rings. The lowest BCUT2D eigenvalue weighted by molar-refractivity contribution is -0.137. The third kappa shape index (κ3) is 5.99. The minimum Gasteiger partial charge on any atom is -0.496 e. The normalized spacial score (nSPS) is 11.8. The van der Waals surface area contributed by atoms with Crippen LogP contribution < -0.4 is 19.7 Å². The lowest BCUT2D eigenvalue weighted by Gasteiger charge is -2.22. The molecule has 10 heteroatoms. The van der Waals surface area contributed by atoms with Crippen molar-refractivity contribution in [2.75, 3.05) is 38.5 Å². The molecule has 0 unspecified atom stereocenters. The Balaban J connectivity index is 1.90. The van der Waals surface area contributed by atoms with Gasteiger partial charge in [0.1, 0.15) is 29.2 Å². The number of rotatable bonds is 12. The number of aromatic nitrogens is 4. The Morgan fingerprint density at radius 2 is 1.64 bits per heavy atom. The number of nitrogens with zero attached hydrogens (tertiary/aromatic N) is 5. The molecule has 0 bridgehead atoms. The highest BCUT2D eigenvalue weighted by atomic mass is 16.5. The molecule has 2 aromatic heterocycles. The predicted molar refractivity (Wildman–Crippen MR) is 139 cm³/mol. The maximum atomic E-state index is 12.2. The van der Waals surface area contributed by atoms with E-state index in [0.29, 0.717) is 34.7 Å². The monoisotopic (exact) mass is 494 g/mol. The van der Waals surface area contributed by atoms with Crippen molar-refractivity contribution >= 4 is 17.7 Å². The molecule has 2 N–H and O–H groups in total. The lowest BCUT2D eigenvalue weighted by atomic mass is 9.95. The van der Waals surface area contributed by atoms with Gasteiger partial charge in [0, 0.05) is 50.2 Å². The van der Waals surface area contributed by atoms with Gasteiger partial charge in [-0.2, -0.15) is 4.98 Å². The minimum absolute atomic E-state index is 0.0718. The second-order valence-electron chi connectivity index (χ2n) is 8.55. The van der Waals surface area contributed by atoms with E-state index >= 15 is 0 Å². The zero-order valence-electron chi connectivity index (χ0n) is 21.6. The van der Waals surface area contributed by atoms with E-state index in [4.69, 9.17) is 9.47 Å². The predicted octanol–water partition coefficient (Wildman–Crippen LogP) is 4.03. The Bertz CT molecular complexity index is 1140. The van der Waals surface area contributed by atoms with Crippen molar-refractivity contribution < 1.29 is 19.4 Å². The van der Waals surface area contributed by atoms with Crippen LogP contribution in [0.5, 0.6) is 11.5 Å². The van der Waals surface area contributed by atoms with E-state index in [1.807, 2.05) is 32.3 Å². The van der Waals surface area contributed by atoms with Gasteiger partial charge in [0.15, 0.2) is 0 Å². The number of aliphatic carboxylic acids is 1. The largest absolute Gasteiger partial charge is 0.496 e. The number of carboxylic acid groups (broad SMARTS) is 1. The topological polar surface area (TPSA) is 123 Å². The highest BCUT2D eigenvalue weighted by Crippen LogP contribution is 2.37. The van der Waals surface area contributed by atoms with Gasteiger partial charge >= 0.3 is 5.97 Å². The van der Waals surface area contributed by atoms with Gasteiger partial charge in [0.25, 0.3) is 0 Å². The summed E-state index contributed by atoms with van der Waals surface area (Å²) < 4.78 is 10.9. The zero-order valence-corrected chi connectivity index (χ0v) is 21.6. The lowest BCUT2D eigenvalue weighted by Crippen LogP contribution is -2.33. The third-order valence-electron chi connectivity index (χ3n) is 6.05. The molecule has 1 atom stereocenters. The Morgan fingerprint density at radius 1 is 1.03 bits per heavy atom. The number of anilines is 2. The molecule has 3 aromatic rings. The molecule has 0 saturated heterocycles. The Morgan fingerprint density at radius 3 is 2.14 bits per heavy atom. The van der Waals surface area contributed by atoms with Crippen LogP contribution in [0.4, 0.5) is 11.8 Å². The number of benzene rings is 1. The minimum atomic E-state index is -1.02. The Kier molecular flexibility index (Phi) is 8.99. The molecule has 10 nitrogen and oxygen atoms in total. The van der Waals surface area contributed by atoms with Crippen LogP contribution in [0.1, 0.15) is 44.0 Å². The van der Waals surface area contributed by atoms with Crippen LogP contribution in [0, 0.1) is 0 Å². The molecular weight excluding hydrogens is 460 g/mol. The summed E-state index contributed by atoms with van der Waals surface area (Å²) in [5.41, 5.74) is 2.33. The summed E-state index contributed by atoms with van der Waals surface area (Å²) in [6, 6.07) is 4.52. The first-order valence-corrected chi connectivity index (χ1v) is 11.9. The molecule has 36 heavy (non-hydrogen) atoms. The summed E-state index contributed by atoms with van der Waals surface area (Å²) in [4.78, 5) is 31.9. The molecule has 2 heterocycles. The van der Waals surface area contributed by atoms with E-state index in [1.165, 1.54) is 0 Å². The van der Waals surface area contributed by atoms with Crippen LogP contribution in [-0.4, -0.2) is 65.4 Å². The molecule has 0 fully saturated rings. The van der Waals surface area contributed by atoms with E-state index in [0.717, 1.165) is 24.0 Å². The van der Waals surface area contributed by atoms with E-state index < -0.39 is 12.0 Å². The first kappa shape index (κ1) is 26.7. The summed E-state index contributed by atoms with van der Waals surface area (Å²) in [6.07, 6.45) is 6.93. The van der Waals surface area contributed by atoms with Gasteiger partial charge in [0.05, 0.1) is 19.8 Å². The molecule has 0 spiro atoms. The molecule has 192 valence electrons. The summed E-state index contributed by atoms with van der Waals surface area (Å²) in [5, 5.41) is 13.1. The van der Waals surface area contributed by atoms with Gasteiger partial charge in [-0.05, 0) is 30.9 Å². The van der Waals surface area contributed by atoms with Crippen molar-refractivity contribution in [3.05, 3.63) is 48.2 Å². The molecule has 1 aromatic carbocycles. The first-order chi connectivity index (χ1) is 17.3. The summed E-state index contributed by atoms with van der Waals surface area (Å²) in [6.45, 7) is 4.19. The smallest absolute Gasteiger partial charge is 0.326 e. The van der Waals surface area contributed by atoms with Crippen LogP contribution >= 0.6 is 0 Å². The standard InChI is InChI=1S/C26H34N6O4/c1-7-16(8-2)18-15-29-26(32(3)4)31-24(18)30-19(25(33)34)12-22-27-13-17(14-28-22)23-20(35-5)10-9-11-21(23)36-6/h9-11,13-16,19H,7-8,12H2,1-6H3,(H,33,34)(H,29,30,31)/t19-/m0/s1. The van der Waals surface area contributed by atoms with E-state index in [-0.39, 0.29) is 12.3 Å². The molecule has 0 aliphatic carbocycles. The van der Waals surface area contributed by atoms with Gasteiger partial charge in [-0.3, -0.25) is 0 Å². The van der Waals surface area contributed by atoms with Gasteiger partial charge < -0.3 is 24.8 Å². The number of carboxylic acids is 1. The van der Waals surface area contributed by atoms with Crippen molar-refractivity contribution in [1.82, 2.24) is 19.9 Å². The maximum absolute atomic E-state index is 12.2. The van der Waals surface area contributed by atoms with Crippen LogP contribution in [0.3, 0.4) is 0 Å². The van der Waals surface area contributed by atoms with Crippen molar-refractivity contribution in [2.45, 2.75) is 45.1 Å². The molecule has 0 aliphatic heterocycles. The molecule has 0 amide bonds. The SMILES string of the molecule is CCC(CC)c1cnc(N(C)C)nc1N[C@@H](Cc1ncc(-c2c(OC)cccc2OC)cn1)C(=O)O. The van der Waals surface area contributed by atoms with E-state index in [1.54, 1.807) is 37.7 Å². The molecule has 0 radical (unpaired) electrons. The van der Waals surface area contributed by atoms with Crippen LogP contribution in [0.25, 0.3) is 11.1 Å². The number of ether oxygens (including phenoxy) is 2. The van der Waals surface area contributed by atoms with Crippen molar-refractivity contribution in [1.29, 1.82) is 0 Å². The van der Waals surface area contributed by atoms with Crippen molar-refractivity contribution in [2.24, 2.45) is 0 Å². The fraction of sp³-hybridized carbons (Fsp3) is 0.423. The number of hydrogen-bond acceptors (Lipinski definition) is 9. The molecule has 0 saturated carbocycles. The fourth-order valence-corrected chi connectivity index (χ4v) is 4.01. The summed E-state index contributed by atoms with van der Waals surface area (Å²) >= 11 is 0.